The van der Waals surface area contributed by atoms with Crippen LogP contribution < -0.4 is 0 Å². The molecular weight excluding hydrogens is 236 g/mol. The van der Waals surface area contributed by atoms with Gasteiger partial charge in [-0.1, -0.05) is 6.92 Å². The maximum absolute atomic E-state index is 12.1. The van der Waals surface area contributed by atoms with Gasteiger partial charge in [-0.2, -0.15) is 17.0 Å². The number of alkyl halides is 1. The van der Waals surface area contributed by atoms with E-state index in [2.05, 4.69) is 0 Å². The minimum absolute atomic E-state index is 0.0281. The Morgan fingerprint density at radius 2 is 1.93 bits per heavy atom. The molecular formula is C9H19ClN2O2S. The van der Waals surface area contributed by atoms with Gasteiger partial charge in [0.25, 0.3) is 10.2 Å². The Morgan fingerprint density at radius 1 is 1.40 bits per heavy atom. The normalized spacial score (nSPS) is 29.3. The van der Waals surface area contributed by atoms with E-state index in [1.807, 2.05) is 20.8 Å². The third-order valence-electron chi connectivity index (χ3n) is 2.90. The summed E-state index contributed by atoms with van der Waals surface area (Å²) in [4.78, 5) is 0. The standard InChI is InChI=1S/C9H19ClN2O2S/c1-7(2)11(4)15(13,14)12-5-8(3)9(10)6-12/h7-9H,5-6H2,1-4H3. The first-order chi connectivity index (χ1) is 6.76. The van der Waals surface area contributed by atoms with Crippen molar-refractivity contribution in [2.75, 3.05) is 20.1 Å². The Balaban J connectivity index is 2.80. The second kappa shape index (κ2) is 4.57. The minimum Gasteiger partial charge on any atom is -0.195 e. The molecule has 1 saturated heterocycles. The van der Waals surface area contributed by atoms with Crippen LogP contribution in [0.1, 0.15) is 20.8 Å². The lowest BCUT2D eigenvalue weighted by atomic mass is 10.2. The first-order valence-corrected chi connectivity index (χ1v) is 6.97. The molecule has 2 atom stereocenters. The van der Waals surface area contributed by atoms with Crippen LogP contribution in [0.3, 0.4) is 0 Å². The van der Waals surface area contributed by atoms with Crippen molar-refractivity contribution in [2.45, 2.75) is 32.2 Å². The first-order valence-electron chi connectivity index (χ1n) is 5.14. The highest BCUT2D eigenvalue weighted by atomic mass is 35.5. The van der Waals surface area contributed by atoms with E-state index in [1.54, 1.807) is 7.05 Å². The Labute approximate surface area is 97.4 Å². The summed E-state index contributed by atoms with van der Waals surface area (Å²) in [6, 6.07) is -0.0281. The molecule has 1 rings (SSSR count). The van der Waals surface area contributed by atoms with Crippen LogP contribution >= 0.6 is 11.6 Å². The molecule has 0 radical (unpaired) electrons. The zero-order valence-corrected chi connectivity index (χ0v) is 11.2. The molecule has 1 aliphatic heterocycles. The van der Waals surface area contributed by atoms with Crippen molar-refractivity contribution in [2.24, 2.45) is 5.92 Å². The molecule has 0 aliphatic carbocycles. The van der Waals surface area contributed by atoms with E-state index in [9.17, 15) is 8.42 Å². The molecule has 0 N–H and O–H groups in total. The molecule has 90 valence electrons. The summed E-state index contributed by atoms with van der Waals surface area (Å²) in [6.45, 7) is 6.63. The molecule has 1 fully saturated rings. The molecule has 2 unspecified atom stereocenters. The van der Waals surface area contributed by atoms with Gasteiger partial charge >= 0.3 is 0 Å². The average Bonchev–Trinajstić information content (AvgIpc) is 2.46. The van der Waals surface area contributed by atoms with Crippen molar-refractivity contribution >= 4 is 21.8 Å². The smallest absolute Gasteiger partial charge is 0.195 e. The Kier molecular flexibility index (Phi) is 4.03. The van der Waals surface area contributed by atoms with Gasteiger partial charge in [0, 0.05) is 26.2 Å². The Hall–Kier alpha value is 0.160. The molecule has 1 aliphatic rings. The van der Waals surface area contributed by atoms with Crippen LogP contribution in [-0.4, -0.2) is 48.6 Å². The minimum atomic E-state index is -3.32. The van der Waals surface area contributed by atoms with Crippen molar-refractivity contribution in [3.8, 4) is 0 Å². The van der Waals surface area contributed by atoms with Crippen molar-refractivity contribution in [3.63, 3.8) is 0 Å². The van der Waals surface area contributed by atoms with Gasteiger partial charge in [-0.3, -0.25) is 0 Å². The summed E-state index contributed by atoms with van der Waals surface area (Å²) in [5.41, 5.74) is 0. The van der Waals surface area contributed by atoms with Crippen LogP contribution in [0.2, 0.25) is 0 Å². The monoisotopic (exact) mass is 254 g/mol. The van der Waals surface area contributed by atoms with Crippen LogP contribution in [0, 0.1) is 5.92 Å². The van der Waals surface area contributed by atoms with E-state index in [1.165, 1.54) is 8.61 Å². The Bertz CT molecular complexity index is 308. The number of hydrogen-bond acceptors (Lipinski definition) is 2. The van der Waals surface area contributed by atoms with Gasteiger partial charge < -0.3 is 0 Å². The number of nitrogens with zero attached hydrogens (tertiary/aromatic N) is 2. The highest BCUT2D eigenvalue weighted by Crippen LogP contribution is 2.25. The summed E-state index contributed by atoms with van der Waals surface area (Å²) in [6.07, 6.45) is 0. The second-order valence-electron chi connectivity index (χ2n) is 4.43. The SMILES string of the molecule is CC1CN(S(=O)(=O)N(C)C(C)C)CC1Cl. The van der Waals surface area contributed by atoms with E-state index in [0.29, 0.717) is 13.1 Å². The number of rotatable bonds is 3. The predicted molar refractivity (Wildman–Crippen MR) is 62.2 cm³/mol. The van der Waals surface area contributed by atoms with Gasteiger partial charge in [-0.15, -0.1) is 11.6 Å². The summed E-state index contributed by atoms with van der Waals surface area (Å²) < 4.78 is 27.0. The van der Waals surface area contributed by atoms with Crippen LogP contribution in [0.25, 0.3) is 0 Å². The first kappa shape index (κ1) is 13.2. The predicted octanol–water partition coefficient (Wildman–Crippen LogP) is 1.13. The van der Waals surface area contributed by atoms with Gasteiger partial charge in [0.15, 0.2) is 0 Å². The second-order valence-corrected chi connectivity index (χ2v) is 6.98. The fraction of sp³-hybridized carbons (Fsp3) is 1.00. The molecule has 0 amide bonds. The molecule has 0 aromatic carbocycles. The summed E-state index contributed by atoms with van der Waals surface area (Å²) in [5, 5.41) is -0.0691. The molecule has 0 saturated carbocycles. The van der Waals surface area contributed by atoms with Gasteiger partial charge in [-0.25, -0.2) is 0 Å². The van der Waals surface area contributed by atoms with Crippen molar-refractivity contribution in [1.82, 2.24) is 8.61 Å². The highest BCUT2D eigenvalue weighted by molar-refractivity contribution is 7.86. The number of halogens is 1. The molecule has 0 aromatic heterocycles. The van der Waals surface area contributed by atoms with Crippen LogP contribution in [0.5, 0.6) is 0 Å². The van der Waals surface area contributed by atoms with E-state index >= 15 is 0 Å². The van der Waals surface area contributed by atoms with Gasteiger partial charge in [-0.05, 0) is 19.8 Å². The van der Waals surface area contributed by atoms with E-state index in [0.717, 1.165) is 0 Å². The van der Waals surface area contributed by atoms with Crippen molar-refractivity contribution in [1.29, 1.82) is 0 Å². The zero-order chi connectivity index (χ0) is 11.8. The van der Waals surface area contributed by atoms with Crippen LogP contribution in [0.15, 0.2) is 0 Å². The lowest BCUT2D eigenvalue weighted by Crippen LogP contribution is -2.43. The van der Waals surface area contributed by atoms with Gasteiger partial charge in [0.1, 0.15) is 0 Å². The maximum Gasteiger partial charge on any atom is 0.282 e. The largest absolute Gasteiger partial charge is 0.282 e. The van der Waals surface area contributed by atoms with Gasteiger partial charge in [0.2, 0.25) is 0 Å². The van der Waals surface area contributed by atoms with Gasteiger partial charge in [0.05, 0.1) is 5.38 Å². The lowest BCUT2D eigenvalue weighted by Gasteiger charge is -2.26. The lowest BCUT2D eigenvalue weighted by molar-refractivity contribution is 0.355. The summed E-state index contributed by atoms with van der Waals surface area (Å²) in [5.74, 6) is 0.224. The molecule has 0 bridgehead atoms. The van der Waals surface area contributed by atoms with Crippen molar-refractivity contribution in [3.05, 3.63) is 0 Å². The quantitative estimate of drug-likeness (QED) is 0.709. The van der Waals surface area contributed by atoms with E-state index in [-0.39, 0.29) is 17.3 Å². The average molecular weight is 255 g/mol. The zero-order valence-electron chi connectivity index (χ0n) is 9.64. The molecule has 15 heavy (non-hydrogen) atoms. The van der Waals surface area contributed by atoms with Crippen molar-refractivity contribution < 1.29 is 8.42 Å². The van der Waals surface area contributed by atoms with E-state index < -0.39 is 10.2 Å². The summed E-state index contributed by atoms with van der Waals surface area (Å²) >= 11 is 6.02. The van der Waals surface area contributed by atoms with Crippen LogP contribution in [0.4, 0.5) is 0 Å². The fourth-order valence-corrected chi connectivity index (χ4v) is 3.52. The molecule has 6 heteroatoms. The molecule has 1 heterocycles. The topological polar surface area (TPSA) is 40.6 Å². The summed E-state index contributed by atoms with van der Waals surface area (Å²) in [7, 11) is -1.72. The fourth-order valence-electron chi connectivity index (χ4n) is 1.52. The number of hydrogen-bond donors (Lipinski definition) is 0. The Morgan fingerprint density at radius 3 is 2.27 bits per heavy atom. The van der Waals surface area contributed by atoms with E-state index in [4.69, 9.17) is 11.6 Å². The maximum atomic E-state index is 12.1. The molecule has 0 spiro atoms. The third kappa shape index (κ3) is 2.64. The third-order valence-corrected chi connectivity index (χ3v) is 5.57. The molecule has 4 nitrogen and oxygen atoms in total. The highest BCUT2D eigenvalue weighted by Gasteiger charge is 2.37. The molecule has 0 aromatic rings. The van der Waals surface area contributed by atoms with Crippen LogP contribution in [-0.2, 0) is 10.2 Å².